The van der Waals surface area contributed by atoms with Crippen LogP contribution >= 0.6 is 0 Å². The lowest BCUT2D eigenvalue weighted by Gasteiger charge is -2.21. The zero-order chi connectivity index (χ0) is 20.4. The molecule has 8 nitrogen and oxygen atoms in total. The molecule has 0 radical (unpaired) electrons. The smallest absolute Gasteiger partial charge is 0.255 e. The molecule has 1 amide bonds. The second-order valence-electron chi connectivity index (χ2n) is 6.80. The Kier molecular flexibility index (Phi) is 5.33. The highest BCUT2D eigenvalue weighted by Crippen LogP contribution is 2.40. The number of sulfonamides is 1. The van der Waals surface area contributed by atoms with Crippen molar-refractivity contribution in [2.75, 3.05) is 38.7 Å². The van der Waals surface area contributed by atoms with Crippen LogP contribution in [0.3, 0.4) is 0 Å². The van der Waals surface area contributed by atoms with Gasteiger partial charge in [0, 0.05) is 24.3 Å². The summed E-state index contributed by atoms with van der Waals surface area (Å²) in [5.41, 5.74) is 0.711. The van der Waals surface area contributed by atoms with Crippen molar-refractivity contribution >= 4 is 21.6 Å². The minimum absolute atomic E-state index is 0.164. The van der Waals surface area contributed by atoms with Crippen molar-refractivity contribution in [3.63, 3.8) is 0 Å². The van der Waals surface area contributed by atoms with E-state index in [2.05, 4.69) is 5.32 Å². The summed E-state index contributed by atoms with van der Waals surface area (Å²) in [6.07, 6.45) is 1.73. The number of fused-ring (bicyclic) bond motifs is 1. The van der Waals surface area contributed by atoms with Crippen molar-refractivity contribution in [2.45, 2.75) is 17.7 Å². The van der Waals surface area contributed by atoms with E-state index in [4.69, 9.17) is 14.2 Å². The average molecular weight is 418 g/mol. The molecule has 0 saturated carbocycles. The number of hydrogen-bond donors (Lipinski definition) is 1. The largest absolute Gasteiger partial charge is 0.493 e. The SMILES string of the molecule is COc1cc(C(=O)Nc2cccc(S(=O)(=O)N3CCCC3)c2)cc2c1OCCO2. The van der Waals surface area contributed by atoms with Crippen molar-refractivity contribution in [1.29, 1.82) is 0 Å². The summed E-state index contributed by atoms with van der Waals surface area (Å²) in [6, 6.07) is 9.42. The normalized spacial score (nSPS) is 16.4. The number of rotatable bonds is 5. The van der Waals surface area contributed by atoms with E-state index in [0.29, 0.717) is 54.8 Å². The molecule has 9 heteroatoms. The Morgan fingerprint density at radius 3 is 2.62 bits per heavy atom. The van der Waals surface area contributed by atoms with E-state index in [9.17, 15) is 13.2 Å². The topological polar surface area (TPSA) is 94.2 Å². The molecule has 154 valence electrons. The first kappa shape index (κ1) is 19.5. The minimum atomic E-state index is -3.56. The second-order valence-corrected chi connectivity index (χ2v) is 8.73. The molecule has 0 bridgehead atoms. The van der Waals surface area contributed by atoms with Gasteiger partial charge in [-0.15, -0.1) is 0 Å². The van der Waals surface area contributed by atoms with Crippen LogP contribution in [0.1, 0.15) is 23.2 Å². The summed E-state index contributed by atoms with van der Waals surface area (Å²) in [7, 11) is -2.07. The van der Waals surface area contributed by atoms with Crippen molar-refractivity contribution in [3.05, 3.63) is 42.0 Å². The predicted molar refractivity (Wildman–Crippen MR) is 106 cm³/mol. The Labute approximate surface area is 169 Å². The lowest BCUT2D eigenvalue weighted by Crippen LogP contribution is -2.27. The number of methoxy groups -OCH3 is 1. The first-order valence-corrected chi connectivity index (χ1v) is 10.8. The van der Waals surface area contributed by atoms with Gasteiger partial charge in [-0.05, 0) is 43.2 Å². The number of amides is 1. The number of anilines is 1. The van der Waals surface area contributed by atoms with Gasteiger partial charge >= 0.3 is 0 Å². The molecule has 0 aromatic heterocycles. The van der Waals surface area contributed by atoms with Crippen LogP contribution in [-0.4, -0.2) is 52.0 Å². The van der Waals surface area contributed by atoms with Crippen LogP contribution in [0.15, 0.2) is 41.3 Å². The Bertz CT molecular complexity index is 1010. The van der Waals surface area contributed by atoms with E-state index in [1.165, 1.54) is 23.5 Å². The molecule has 2 aliphatic heterocycles. The zero-order valence-corrected chi connectivity index (χ0v) is 16.8. The lowest BCUT2D eigenvalue weighted by atomic mass is 10.1. The van der Waals surface area contributed by atoms with E-state index < -0.39 is 15.9 Å². The number of carbonyl (C=O) groups excluding carboxylic acids is 1. The van der Waals surface area contributed by atoms with Gasteiger partial charge in [0.2, 0.25) is 15.8 Å². The first-order chi connectivity index (χ1) is 14.0. The Balaban J connectivity index is 1.58. The van der Waals surface area contributed by atoms with E-state index >= 15 is 0 Å². The maximum atomic E-state index is 12.8. The van der Waals surface area contributed by atoms with E-state index in [-0.39, 0.29) is 4.90 Å². The summed E-state index contributed by atoms with van der Waals surface area (Å²) in [6.45, 7) is 1.84. The molecule has 2 aliphatic rings. The molecule has 1 saturated heterocycles. The first-order valence-electron chi connectivity index (χ1n) is 9.38. The third kappa shape index (κ3) is 3.88. The molecular formula is C20H22N2O6S. The molecule has 1 fully saturated rings. The highest BCUT2D eigenvalue weighted by atomic mass is 32.2. The van der Waals surface area contributed by atoms with Crippen LogP contribution in [0.2, 0.25) is 0 Å². The van der Waals surface area contributed by atoms with Gasteiger partial charge in [-0.25, -0.2) is 8.42 Å². The van der Waals surface area contributed by atoms with Crippen molar-refractivity contribution in [1.82, 2.24) is 4.31 Å². The molecule has 29 heavy (non-hydrogen) atoms. The quantitative estimate of drug-likeness (QED) is 0.802. The van der Waals surface area contributed by atoms with Crippen molar-refractivity contribution in [3.8, 4) is 17.2 Å². The zero-order valence-electron chi connectivity index (χ0n) is 16.0. The number of benzene rings is 2. The number of hydrogen-bond acceptors (Lipinski definition) is 6. The molecule has 0 unspecified atom stereocenters. The molecule has 4 rings (SSSR count). The van der Waals surface area contributed by atoms with Gasteiger partial charge in [-0.1, -0.05) is 6.07 Å². The summed E-state index contributed by atoms with van der Waals surface area (Å²) in [5, 5.41) is 2.75. The third-order valence-electron chi connectivity index (χ3n) is 4.88. The molecular weight excluding hydrogens is 396 g/mol. The summed E-state index contributed by atoms with van der Waals surface area (Å²) < 4.78 is 43.4. The Morgan fingerprint density at radius 1 is 1.10 bits per heavy atom. The van der Waals surface area contributed by atoms with Gasteiger partial charge in [-0.3, -0.25) is 4.79 Å². The van der Waals surface area contributed by atoms with Crippen LogP contribution in [0.4, 0.5) is 5.69 Å². The van der Waals surface area contributed by atoms with Gasteiger partial charge in [0.15, 0.2) is 11.5 Å². The standard InChI is InChI=1S/C20H22N2O6S/c1-26-17-11-14(12-18-19(17)28-10-9-27-18)20(23)21-15-5-4-6-16(13-15)29(24,25)22-7-2-3-8-22/h4-6,11-13H,2-3,7-10H2,1H3,(H,21,23). The van der Waals surface area contributed by atoms with Crippen LogP contribution in [-0.2, 0) is 10.0 Å². The number of ether oxygens (including phenoxy) is 3. The summed E-state index contributed by atoms with van der Waals surface area (Å²) >= 11 is 0. The van der Waals surface area contributed by atoms with Crippen LogP contribution < -0.4 is 19.5 Å². The molecule has 0 atom stereocenters. The monoisotopic (exact) mass is 418 g/mol. The van der Waals surface area contributed by atoms with Gasteiger partial charge in [-0.2, -0.15) is 4.31 Å². The average Bonchev–Trinajstić information content (AvgIpc) is 3.29. The minimum Gasteiger partial charge on any atom is -0.493 e. The van der Waals surface area contributed by atoms with Crippen LogP contribution in [0, 0.1) is 0 Å². The van der Waals surface area contributed by atoms with Gasteiger partial charge in [0.25, 0.3) is 5.91 Å². The maximum Gasteiger partial charge on any atom is 0.255 e. The fourth-order valence-corrected chi connectivity index (χ4v) is 4.98. The van der Waals surface area contributed by atoms with Crippen LogP contribution in [0.5, 0.6) is 17.2 Å². The maximum absolute atomic E-state index is 12.8. The Morgan fingerprint density at radius 2 is 1.86 bits per heavy atom. The molecule has 2 aromatic rings. The number of nitrogens with zero attached hydrogens (tertiary/aromatic N) is 1. The highest BCUT2D eigenvalue weighted by Gasteiger charge is 2.27. The number of nitrogens with one attached hydrogen (secondary N) is 1. The molecule has 0 aliphatic carbocycles. The predicted octanol–water partition coefficient (Wildman–Crippen LogP) is 2.50. The second kappa shape index (κ2) is 7.92. The fraction of sp³-hybridized carbons (Fsp3) is 0.350. The van der Waals surface area contributed by atoms with Gasteiger partial charge in [0.1, 0.15) is 13.2 Å². The van der Waals surface area contributed by atoms with Crippen LogP contribution in [0.25, 0.3) is 0 Å². The third-order valence-corrected chi connectivity index (χ3v) is 6.78. The van der Waals surface area contributed by atoms with Gasteiger partial charge < -0.3 is 19.5 Å². The van der Waals surface area contributed by atoms with E-state index in [1.807, 2.05) is 0 Å². The van der Waals surface area contributed by atoms with Gasteiger partial charge in [0.05, 0.1) is 12.0 Å². The molecule has 1 N–H and O–H groups in total. The van der Waals surface area contributed by atoms with E-state index in [0.717, 1.165) is 12.8 Å². The fourth-order valence-electron chi connectivity index (χ4n) is 3.42. The van der Waals surface area contributed by atoms with E-state index in [1.54, 1.807) is 24.3 Å². The van der Waals surface area contributed by atoms with Crippen molar-refractivity contribution in [2.24, 2.45) is 0 Å². The molecule has 0 spiro atoms. The molecule has 2 heterocycles. The number of carbonyl (C=O) groups is 1. The lowest BCUT2D eigenvalue weighted by molar-refractivity contribution is 0.102. The Hall–Kier alpha value is -2.78. The van der Waals surface area contributed by atoms with Crippen molar-refractivity contribution < 1.29 is 27.4 Å². The summed E-state index contributed by atoms with van der Waals surface area (Å²) in [4.78, 5) is 12.9. The summed E-state index contributed by atoms with van der Waals surface area (Å²) in [5.74, 6) is 0.897. The molecule has 2 aromatic carbocycles. The highest BCUT2D eigenvalue weighted by molar-refractivity contribution is 7.89.